The number of phenols is 1. The fraction of sp³-hybridized carbons (Fsp3) is 0.595. The Morgan fingerprint density at radius 1 is 0.829 bits per heavy atom. The fourth-order valence-electron chi connectivity index (χ4n) is 5.85. The number of ketones is 1. The average Bonchev–Trinajstić information content (AvgIpc) is 3.23. The predicted molar refractivity (Wildman–Crippen MR) is 174 cm³/mol. The summed E-state index contributed by atoms with van der Waals surface area (Å²) in [6, 6.07) is 11.7. The summed E-state index contributed by atoms with van der Waals surface area (Å²) in [7, 11) is 1.54. The van der Waals surface area contributed by atoms with Crippen LogP contribution in [-0.2, 0) is 6.42 Å². The van der Waals surface area contributed by atoms with Crippen molar-refractivity contribution in [3.8, 4) is 11.5 Å². The maximum atomic E-state index is 13.5. The number of Topliss-reactive ketones (excluding diaryl/α,β-unsaturated/α-hetero) is 1. The van der Waals surface area contributed by atoms with Crippen molar-refractivity contribution in [1.29, 1.82) is 0 Å². The van der Waals surface area contributed by atoms with Crippen molar-refractivity contribution >= 4 is 17.5 Å². The SMILES string of the molecule is COc1cc(/C=C2\Cc3ccc(N(CCC(C)CCCC(C)C)CCC(C)CCCC(C)C)cc3C2=O)ccc1O. The number of phenolic OH excluding ortho intramolecular Hbond substituents is 1. The topological polar surface area (TPSA) is 49.8 Å². The fourth-order valence-corrected chi connectivity index (χ4v) is 5.85. The molecule has 4 nitrogen and oxygen atoms in total. The Kier molecular flexibility index (Phi) is 12.8. The third-order valence-corrected chi connectivity index (χ3v) is 8.66. The first-order chi connectivity index (χ1) is 19.6. The van der Waals surface area contributed by atoms with Crippen LogP contribution >= 0.6 is 0 Å². The molecule has 0 saturated heterocycles. The van der Waals surface area contributed by atoms with E-state index in [2.05, 4.69) is 64.6 Å². The molecule has 0 amide bonds. The minimum Gasteiger partial charge on any atom is -0.504 e. The van der Waals surface area contributed by atoms with Crippen LogP contribution in [0, 0.1) is 23.7 Å². The minimum absolute atomic E-state index is 0.101. The van der Waals surface area contributed by atoms with Crippen molar-refractivity contribution < 1.29 is 14.6 Å². The highest BCUT2D eigenvalue weighted by Gasteiger charge is 2.26. The van der Waals surface area contributed by atoms with Gasteiger partial charge in [0.25, 0.3) is 0 Å². The third-order valence-electron chi connectivity index (χ3n) is 8.66. The van der Waals surface area contributed by atoms with Gasteiger partial charge in [0.05, 0.1) is 7.11 Å². The van der Waals surface area contributed by atoms with E-state index >= 15 is 0 Å². The average molecular weight is 562 g/mol. The van der Waals surface area contributed by atoms with Crippen LogP contribution < -0.4 is 9.64 Å². The van der Waals surface area contributed by atoms with E-state index in [4.69, 9.17) is 4.74 Å². The number of anilines is 1. The molecule has 0 fully saturated rings. The van der Waals surface area contributed by atoms with Crippen LogP contribution in [0.5, 0.6) is 11.5 Å². The quantitative estimate of drug-likeness (QED) is 0.195. The van der Waals surface area contributed by atoms with Gasteiger partial charge in [-0.15, -0.1) is 0 Å². The molecule has 4 heteroatoms. The zero-order valence-corrected chi connectivity index (χ0v) is 26.8. The molecule has 226 valence electrons. The zero-order valence-electron chi connectivity index (χ0n) is 26.8. The van der Waals surface area contributed by atoms with Gasteiger partial charge in [0, 0.05) is 36.3 Å². The Labute approximate surface area is 250 Å². The second-order valence-corrected chi connectivity index (χ2v) is 13.4. The number of hydrogen-bond acceptors (Lipinski definition) is 4. The van der Waals surface area contributed by atoms with E-state index in [0.717, 1.165) is 47.2 Å². The summed E-state index contributed by atoms with van der Waals surface area (Å²) in [5.74, 6) is 3.57. The lowest BCUT2D eigenvalue weighted by Gasteiger charge is -2.28. The first kappa shape index (κ1) is 32.8. The Balaban J connectivity index is 1.73. The van der Waals surface area contributed by atoms with E-state index in [-0.39, 0.29) is 11.5 Å². The molecule has 3 rings (SSSR count). The molecule has 0 spiro atoms. The van der Waals surface area contributed by atoms with Crippen LogP contribution in [0.3, 0.4) is 0 Å². The Morgan fingerprint density at radius 2 is 1.44 bits per heavy atom. The minimum atomic E-state index is 0.101. The number of methoxy groups -OCH3 is 1. The second kappa shape index (κ2) is 16.0. The van der Waals surface area contributed by atoms with Crippen molar-refractivity contribution in [2.45, 2.75) is 99.3 Å². The largest absolute Gasteiger partial charge is 0.504 e. The number of rotatable bonds is 17. The van der Waals surface area contributed by atoms with Crippen LogP contribution in [0.4, 0.5) is 5.69 Å². The monoisotopic (exact) mass is 561 g/mol. The van der Waals surface area contributed by atoms with E-state index in [1.807, 2.05) is 12.1 Å². The molecule has 0 saturated carbocycles. The van der Waals surface area contributed by atoms with Gasteiger partial charge in [-0.05, 0) is 78.0 Å². The van der Waals surface area contributed by atoms with Crippen molar-refractivity contribution in [1.82, 2.24) is 0 Å². The molecule has 0 aromatic heterocycles. The Hall–Kier alpha value is -2.75. The van der Waals surface area contributed by atoms with E-state index in [1.54, 1.807) is 12.1 Å². The van der Waals surface area contributed by atoms with Crippen LogP contribution in [0.25, 0.3) is 6.08 Å². The maximum absolute atomic E-state index is 13.5. The molecule has 0 radical (unpaired) electrons. The number of benzene rings is 2. The Bertz CT molecular complexity index is 1120. The summed E-state index contributed by atoms with van der Waals surface area (Å²) in [5, 5.41) is 9.94. The molecule has 2 aromatic rings. The molecular formula is C37H55NO3. The van der Waals surface area contributed by atoms with Crippen LogP contribution in [-0.4, -0.2) is 31.1 Å². The van der Waals surface area contributed by atoms with Gasteiger partial charge >= 0.3 is 0 Å². The molecule has 0 heterocycles. The molecule has 0 aliphatic heterocycles. The smallest absolute Gasteiger partial charge is 0.189 e. The van der Waals surface area contributed by atoms with E-state index in [0.29, 0.717) is 24.0 Å². The van der Waals surface area contributed by atoms with Gasteiger partial charge in [0.15, 0.2) is 17.3 Å². The molecule has 1 aliphatic rings. The number of nitrogens with zero attached hydrogens (tertiary/aromatic N) is 1. The molecule has 2 aromatic carbocycles. The standard InChI is InChI=1S/C37H55NO3/c1-26(2)10-8-12-28(5)18-20-38(21-19-29(6)13-9-11-27(3)4)33-16-15-31-24-32(37(40)34(31)25-33)22-30-14-17-35(39)36(23-30)41-7/h14-17,22-23,25-29,39H,8-13,18-21,24H2,1-7H3/b32-22+. The second-order valence-electron chi connectivity index (χ2n) is 13.4. The number of carbonyl (C=O) groups excluding carboxylic acids is 1. The Morgan fingerprint density at radius 3 is 2.00 bits per heavy atom. The van der Waals surface area contributed by atoms with Gasteiger partial charge in [-0.25, -0.2) is 0 Å². The van der Waals surface area contributed by atoms with Crippen molar-refractivity contribution in [2.75, 3.05) is 25.1 Å². The number of aromatic hydroxyl groups is 1. The third kappa shape index (κ3) is 10.2. The number of allylic oxidation sites excluding steroid dienone is 1. The highest BCUT2D eigenvalue weighted by molar-refractivity contribution is 6.16. The molecular weight excluding hydrogens is 506 g/mol. The van der Waals surface area contributed by atoms with Crippen LogP contribution in [0.2, 0.25) is 0 Å². The van der Waals surface area contributed by atoms with Crippen molar-refractivity contribution in [2.24, 2.45) is 23.7 Å². The summed E-state index contributed by atoms with van der Waals surface area (Å²) in [6.07, 6.45) is 12.7. The highest BCUT2D eigenvalue weighted by atomic mass is 16.5. The van der Waals surface area contributed by atoms with E-state index in [9.17, 15) is 9.90 Å². The molecule has 1 aliphatic carbocycles. The number of fused-ring (bicyclic) bond motifs is 1. The lowest BCUT2D eigenvalue weighted by atomic mass is 9.96. The number of carbonyl (C=O) groups is 1. The molecule has 41 heavy (non-hydrogen) atoms. The summed E-state index contributed by atoms with van der Waals surface area (Å²) >= 11 is 0. The van der Waals surface area contributed by atoms with Gasteiger partial charge in [-0.2, -0.15) is 0 Å². The number of hydrogen-bond donors (Lipinski definition) is 1. The van der Waals surface area contributed by atoms with Crippen molar-refractivity contribution in [3.63, 3.8) is 0 Å². The molecule has 0 bridgehead atoms. The summed E-state index contributed by atoms with van der Waals surface area (Å²) in [6.45, 7) is 16.1. The van der Waals surface area contributed by atoms with Gasteiger partial charge in [-0.1, -0.05) is 92.2 Å². The normalized spacial score (nSPS) is 15.5. The highest BCUT2D eigenvalue weighted by Crippen LogP contribution is 2.33. The molecule has 2 atom stereocenters. The van der Waals surface area contributed by atoms with E-state index in [1.165, 1.54) is 64.2 Å². The van der Waals surface area contributed by atoms with Gasteiger partial charge < -0.3 is 14.7 Å². The van der Waals surface area contributed by atoms with Gasteiger partial charge in [0.1, 0.15) is 0 Å². The molecule has 2 unspecified atom stereocenters. The first-order valence-electron chi connectivity index (χ1n) is 16.1. The maximum Gasteiger partial charge on any atom is 0.189 e. The lowest BCUT2D eigenvalue weighted by Crippen LogP contribution is -2.28. The zero-order chi connectivity index (χ0) is 29.9. The van der Waals surface area contributed by atoms with Gasteiger partial charge in [-0.3, -0.25) is 4.79 Å². The van der Waals surface area contributed by atoms with Crippen LogP contribution in [0.15, 0.2) is 42.0 Å². The lowest BCUT2D eigenvalue weighted by molar-refractivity contribution is 0.104. The number of ether oxygens (including phenoxy) is 1. The summed E-state index contributed by atoms with van der Waals surface area (Å²) in [5.41, 5.74) is 4.75. The summed E-state index contributed by atoms with van der Waals surface area (Å²) < 4.78 is 5.25. The van der Waals surface area contributed by atoms with E-state index < -0.39 is 0 Å². The van der Waals surface area contributed by atoms with Crippen molar-refractivity contribution in [3.05, 3.63) is 58.7 Å². The first-order valence-corrected chi connectivity index (χ1v) is 16.1. The van der Waals surface area contributed by atoms with Gasteiger partial charge in [0.2, 0.25) is 0 Å². The summed E-state index contributed by atoms with van der Waals surface area (Å²) in [4.78, 5) is 16.0. The molecule has 1 N–H and O–H groups in total. The predicted octanol–water partition coefficient (Wildman–Crippen LogP) is 9.73. The van der Waals surface area contributed by atoms with Crippen LogP contribution in [0.1, 0.15) is 114 Å².